The molecule has 3 aromatic heterocycles. The minimum absolute atomic E-state index is 1.14. The molecule has 0 unspecified atom stereocenters. The zero-order valence-electron chi connectivity index (χ0n) is 29.9. The molecule has 55 heavy (non-hydrogen) atoms. The fourth-order valence-electron chi connectivity index (χ4n) is 9.29. The molecule has 0 saturated heterocycles. The van der Waals surface area contributed by atoms with Gasteiger partial charge in [0.1, 0.15) is 0 Å². The molecular formula is C52H33N3. The third-order valence-corrected chi connectivity index (χ3v) is 11.6. The Morgan fingerprint density at radius 3 is 1.42 bits per heavy atom. The van der Waals surface area contributed by atoms with Gasteiger partial charge in [0.25, 0.3) is 0 Å². The van der Waals surface area contributed by atoms with Gasteiger partial charge in [-0.25, -0.2) is 0 Å². The summed E-state index contributed by atoms with van der Waals surface area (Å²) < 4.78 is 7.32. The number of benzene rings is 9. The SMILES string of the molecule is c1ccc(-n2c3ccccc3c3cc(-n4c5ccccc5c5cc6ccccc6c(-c6ccc7c8ccccc8n(-c8ccccc8)c7c6)c54)ccc32)cc1. The van der Waals surface area contributed by atoms with Crippen LogP contribution in [0.4, 0.5) is 0 Å². The van der Waals surface area contributed by atoms with Gasteiger partial charge in [0.2, 0.25) is 0 Å². The van der Waals surface area contributed by atoms with Crippen LogP contribution < -0.4 is 0 Å². The predicted octanol–water partition coefficient (Wildman–Crippen LogP) is 13.8. The zero-order chi connectivity index (χ0) is 36.0. The summed E-state index contributed by atoms with van der Waals surface area (Å²) in [6, 6.07) is 73.3. The van der Waals surface area contributed by atoms with Crippen LogP contribution in [-0.2, 0) is 0 Å². The van der Waals surface area contributed by atoms with Gasteiger partial charge >= 0.3 is 0 Å². The summed E-state index contributed by atoms with van der Waals surface area (Å²) in [5, 5.41) is 9.96. The molecule has 9 aromatic carbocycles. The van der Waals surface area contributed by atoms with E-state index in [4.69, 9.17) is 0 Å². The Morgan fingerprint density at radius 1 is 0.255 bits per heavy atom. The van der Waals surface area contributed by atoms with Crippen molar-refractivity contribution in [1.82, 2.24) is 13.7 Å². The summed E-state index contributed by atoms with van der Waals surface area (Å²) in [5.41, 5.74) is 13.1. The second kappa shape index (κ2) is 11.6. The zero-order valence-corrected chi connectivity index (χ0v) is 29.9. The third kappa shape index (κ3) is 4.32. The summed E-state index contributed by atoms with van der Waals surface area (Å²) in [4.78, 5) is 0. The van der Waals surface area contributed by atoms with E-state index in [0.717, 1.165) is 17.1 Å². The van der Waals surface area contributed by atoms with Gasteiger partial charge in [-0.15, -0.1) is 0 Å². The summed E-state index contributed by atoms with van der Waals surface area (Å²) in [6.45, 7) is 0. The maximum Gasteiger partial charge on any atom is 0.0625 e. The molecule has 0 aliphatic carbocycles. The molecule has 0 fully saturated rings. The molecule has 0 bridgehead atoms. The highest BCUT2D eigenvalue weighted by atomic mass is 15.0. The van der Waals surface area contributed by atoms with Crippen molar-refractivity contribution >= 4 is 76.2 Å². The number of nitrogens with zero attached hydrogens (tertiary/aromatic N) is 3. The van der Waals surface area contributed by atoms with Crippen LogP contribution in [0.15, 0.2) is 200 Å². The first kappa shape index (κ1) is 30.1. The first-order valence-electron chi connectivity index (χ1n) is 18.9. The highest BCUT2D eigenvalue weighted by Crippen LogP contribution is 2.45. The lowest BCUT2D eigenvalue weighted by atomic mass is 9.94. The van der Waals surface area contributed by atoms with Crippen LogP contribution in [-0.4, -0.2) is 13.7 Å². The molecule has 256 valence electrons. The Balaban J connectivity index is 1.21. The van der Waals surface area contributed by atoms with Crippen molar-refractivity contribution < 1.29 is 0 Å². The van der Waals surface area contributed by atoms with Crippen molar-refractivity contribution in [2.75, 3.05) is 0 Å². The molecule has 0 spiro atoms. The van der Waals surface area contributed by atoms with E-state index in [-0.39, 0.29) is 0 Å². The van der Waals surface area contributed by atoms with Crippen molar-refractivity contribution in [2.45, 2.75) is 0 Å². The maximum atomic E-state index is 2.51. The van der Waals surface area contributed by atoms with E-state index in [1.165, 1.54) is 87.3 Å². The normalized spacial score (nSPS) is 12.0. The number of aromatic nitrogens is 3. The van der Waals surface area contributed by atoms with E-state index in [9.17, 15) is 0 Å². The van der Waals surface area contributed by atoms with Gasteiger partial charge in [-0.1, -0.05) is 127 Å². The van der Waals surface area contributed by atoms with Crippen LogP contribution in [0.2, 0.25) is 0 Å². The molecule has 12 aromatic rings. The van der Waals surface area contributed by atoms with Crippen molar-refractivity contribution in [3.63, 3.8) is 0 Å². The smallest absolute Gasteiger partial charge is 0.0625 e. The van der Waals surface area contributed by atoms with Gasteiger partial charge in [-0.3, -0.25) is 0 Å². The molecular weight excluding hydrogens is 667 g/mol. The van der Waals surface area contributed by atoms with Crippen LogP contribution in [0.5, 0.6) is 0 Å². The van der Waals surface area contributed by atoms with Crippen LogP contribution >= 0.6 is 0 Å². The summed E-state index contributed by atoms with van der Waals surface area (Å²) in [7, 11) is 0. The first-order chi connectivity index (χ1) is 27.3. The average molecular weight is 700 g/mol. The molecule has 3 heteroatoms. The van der Waals surface area contributed by atoms with Gasteiger partial charge in [-0.05, 0) is 89.1 Å². The third-order valence-electron chi connectivity index (χ3n) is 11.6. The number of rotatable bonds is 4. The average Bonchev–Trinajstić information content (AvgIpc) is 3.88. The Morgan fingerprint density at radius 2 is 0.745 bits per heavy atom. The standard InChI is InChI=1S/C52H33N3/c1-3-16-36(17-4-1)53-47-25-13-10-22-41(47)44-33-38(28-30-49(44)53)55-48-26-14-11-23-42(48)45-31-34-15-7-8-20-39(34)51(52(45)55)35-27-29-43-40-21-9-12-24-46(40)54(50(43)32-35)37-18-5-2-6-19-37/h1-33H. The highest BCUT2D eigenvalue weighted by molar-refractivity contribution is 6.22. The fraction of sp³-hybridized carbons (Fsp3) is 0. The second-order valence-electron chi connectivity index (χ2n) is 14.5. The van der Waals surface area contributed by atoms with Crippen LogP contribution in [0.25, 0.3) is 104 Å². The van der Waals surface area contributed by atoms with E-state index in [1.54, 1.807) is 0 Å². The fourth-order valence-corrected chi connectivity index (χ4v) is 9.29. The Labute approximate surface area is 317 Å². The maximum absolute atomic E-state index is 2.51. The lowest BCUT2D eigenvalue weighted by Gasteiger charge is -2.16. The molecule has 0 N–H and O–H groups in total. The number of para-hydroxylation sites is 5. The van der Waals surface area contributed by atoms with E-state index < -0.39 is 0 Å². The number of hydrogen-bond donors (Lipinski definition) is 0. The largest absolute Gasteiger partial charge is 0.309 e. The summed E-state index contributed by atoms with van der Waals surface area (Å²) in [5.74, 6) is 0. The van der Waals surface area contributed by atoms with Crippen molar-refractivity contribution in [2.24, 2.45) is 0 Å². The van der Waals surface area contributed by atoms with Crippen LogP contribution in [0.3, 0.4) is 0 Å². The second-order valence-corrected chi connectivity index (χ2v) is 14.5. The van der Waals surface area contributed by atoms with Crippen molar-refractivity contribution in [3.05, 3.63) is 200 Å². The predicted molar refractivity (Wildman–Crippen MR) is 232 cm³/mol. The molecule has 0 radical (unpaired) electrons. The van der Waals surface area contributed by atoms with Gasteiger partial charge < -0.3 is 13.7 Å². The van der Waals surface area contributed by atoms with E-state index in [1.807, 2.05) is 0 Å². The first-order valence-corrected chi connectivity index (χ1v) is 18.9. The minimum Gasteiger partial charge on any atom is -0.309 e. The van der Waals surface area contributed by atoms with Gasteiger partial charge in [0, 0.05) is 54.9 Å². The van der Waals surface area contributed by atoms with E-state index >= 15 is 0 Å². The van der Waals surface area contributed by atoms with Gasteiger partial charge in [0.05, 0.1) is 33.1 Å². The Bertz CT molecular complexity index is 3470. The minimum atomic E-state index is 1.14. The van der Waals surface area contributed by atoms with Crippen molar-refractivity contribution in [1.29, 1.82) is 0 Å². The van der Waals surface area contributed by atoms with Crippen LogP contribution in [0, 0.1) is 0 Å². The summed E-state index contributed by atoms with van der Waals surface area (Å²) in [6.07, 6.45) is 0. The van der Waals surface area contributed by atoms with E-state index in [2.05, 4.69) is 214 Å². The molecule has 0 amide bonds. The molecule has 3 nitrogen and oxygen atoms in total. The Kier molecular flexibility index (Phi) is 6.34. The molecule has 3 heterocycles. The lowest BCUT2D eigenvalue weighted by Crippen LogP contribution is -1.98. The number of fused-ring (bicyclic) bond motifs is 10. The monoisotopic (exact) mass is 699 g/mol. The molecule has 0 aliphatic rings. The lowest BCUT2D eigenvalue weighted by molar-refractivity contribution is 1.17. The molecule has 12 rings (SSSR count). The van der Waals surface area contributed by atoms with Gasteiger partial charge in [-0.2, -0.15) is 0 Å². The van der Waals surface area contributed by atoms with Crippen LogP contribution in [0.1, 0.15) is 0 Å². The highest BCUT2D eigenvalue weighted by Gasteiger charge is 2.22. The molecule has 0 aliphatic heterocycles. The van der Waals surface area contributed by atoms with Gasteiger partial charge in [0.15, 0.2) is 0 Å². The summed E-state index contributed by atoms with van der Waals surface area (Å²) >= 11 is 0. The Hall–Kier alpha value is -7.36. The van der Waals surface area contributed by atoms with E-state index in [0.29, 0.717) is 0 Å². The molecule has 0 saturated carbocycles. The number of hydrogen-bond acceptors (Lipinski definition) is 0. The van der Waals surface area contributed by atoms with Crippen molar-refractivity contribution in [3.8, 4) is 28.2 Å². The quantitative estimate of drug-likeness (QED) is 0.174. The topological polar surface area (TPSA) is 14.8 Å². The molecule has 0 atom stereocenters.